The highest BCUT2D eigenvalue weighted by atomic mass is 19.1. The van der Waals surface area contributed by atoms with Crippen molar-refractivity contribution in [2.75, 3.05) is 13.1 Å². The fourth-order valence-electron chi connectivity index (χ4n) is 3.30. The van der Waals surface area contributed by atoms with Gasteiger partial charge in [0.05, 0.1) is 12.0 Å². The Hall–Kier alpha value is -2.17. The van der Waals surface area contributed by atoms with E-state index in [1.54, 1.807) is 17.0 Å². The summed E-state index contributed by atoms with van der Waals surface area (Å²) in [6.45, 7) is 0.961. The van der Waals surface area contributed by atoms with Crippen LogP contribution in [0.25, 0.3) is 0 Å². The third-order valence-electron chi connectivity index (χ3n) is 4.67. The van der Waals surface area contributed by atoms with Gasteiger partial charge in [0.15, 0.2) is 0 Å². The predicted octanol–water partition coefficient (Wildman–Crippen LogP) is 3.33. The highest BCUT2D eigenvalue weighted by Crippen LogP contribution is 2.23. The molecule has 0 radical (unpaired) electrons. The second kappa shape index (κ2) is 7.60. The molecule has 1 atom stereocenters. The number of rotatable bonds is 4. The van der Waals surface area contributed by atoms with E-state index in [0.29, 0.717) is 38.3 Å². The van der Waals surface area contributed by atoms with E-state index >= 15 is 0 Å². The second-order valence-electron chi connectivity index (χ2n) is 6.43. The zero-order chi connectivity index (χ0) is 16.9. The zero-order valence-corrected chi connectivity index (χ0v) is 13.6. The Morgan fingerprint density at radius 2 is 1.92 bits per heavy atom. The van der Waals surface area contributed by atoms with Gasteiger partial charge in [-0.15, -0.1) is 0 Å². The van der Waals surface area contributed by atoms with E-state index < -0.39 is 5.82 Å². The number of hydrogen-bond donors (Lipinski definition) is 0. The number of ether oxygens (including phenoxy) is 1. The Kier molecular flexibility index (Phi) is 5.28. The first kappa shape index (κ1) is 16.7. The number of carbonyl (C=O) groups is 2. The molecule has 5 heteroatoms. The van der Waals surface area contributed by atoms with Crippen molar-refractivity contribution in [3.05, 3.63) is 47.8 Å². The van der Waals surface area contributed by atoms with Gasteiger partial charge in [0, 0.05) is 25.9 Å². The Morgan fingerprint density at radius 1 is 1.17 bits per heavy atom. The number of benzene rings is 1. The van der Waals surface area contributed by atoms with Crippen molar-refractivity contribution in [2.45, 2.75) is 38.2 Å². The van der Waals surface area contributed by atoms with Gasteiger partial charge in [-0.3, -0.25) is 9.59 Å². The van der Waals surface area contributed by atoms with Crippen molar-refractivity contribution in [1.82, 2.24) is 4.90 Å². The number of likely N-dealkylation sites (tertiary alicyclic amines) is 1. The molecule has 1 amide bonds. The maximum absolute atomic E-state index is 13.7. The molecule has 0 N–H and O–H groups in total. The van der Waals surface area contributed by atoms with Gasteiger partial charge in [-0.2, -0.15) is 0 Å². The second-order valence-corrected chi connectivity index (χ2v) is 6.43. The molecular formula is C19H22FNO3. The van der Waals surface area contributed by atoms with E-state index in [1.807, 2.05) is 0 Å². The Bertz CT molecular complexity index is 635. The van der Waals surface area contributed by atoms with Gasteiger partial charge in [-0.25, -0.2) is 4.39 Å². The monoisotopic (exact) mass is 331 g/mol. The maximum Gasteiger partial charge on any atom is 0.306 e. The van der Waals surface area contributed by atoms with Crippen molar-refractivity contribution >= 4 is 11.9 Å². The molecule has 0 bridgehead atoms. The van der Waals surface area contributed by atoms with E-state index in [-0.39, 0.29) is 23.5 Å². The molecule has 1 aliphatic carbocycles. The summed E-state index contributed by atoms with van der Waals surface area (Å²) in [5.41, 5.74) is 0.0981. The molecule has 128 valence electrons. The molecule has 1 aromatic carbocycles. The first-order chi connectivity index (χ1) is 11.6. The lowest BCUT2D eigenvalue weighted by Crippen LogP contribution is -2.41. The normalized spacial score (nSPS) is 21.0. The zero-order valence-electron chi connectivity index (χ0n) is 13.6. The molecule has 1 heterocycles. The summed E-state index contributed by atoms with van der Waals surface area (Å²) >= 11 is 0. The van der Waals surface area contributed by atoms with E-state index in [1.165, 1.54) is 12.1 Å². The number of esters is 1. The first-order valence-corrected chi connectivity index (χ1v) is 8.53. The van der Waals surface area contributed by atoms with E-state index in [2.05, 4.69) is 12.2 Å². The van der Waals surface area contributed by atoms with Crippen LogP contribution in [0.1, 0.15) is 42.5 Å². The molecule has 1 fully saturated rings. The summed E-state index contributed by atoms with van der Waals surface area (Å²) in [6, 6.07) is 6.01. The van der Waals surface area contributed by atoms with Crippen molar-refractivity contribution < 1.29 is 18.7 Å². The van der Waals surface area contributed by atoms with Gasteiger partial charge >= 0.3 is 5.97 Å². The maximum atomic E-state index is 13.7. The van der Waals surface area contributed by atoms with E-state index in [9.17, 15) is 14.0 Å². The van der Waals surface area contributed by atoms with E-state index in [0.717, 1.165) is 12.8 Å². The Morgan fingerprint density at radius 3 is 2.58 bits per heavy atom. The van der Waals surface area contributed by atoms with Crippen LogP contribution in [0.15, 0.2) is 36.4 Å². The molecule has 1 saturated heterocycles. The first-order valence-electron chi connectivity index (χ1n) is 8.53. The quantitative estimate of drug-likeness (QED) is 0.628. The van der Waals surface area contributed by atoms with Gasteiger partial charge in [0.25, 0.3) is 5.91 Å². The van der Waals surface area contributed by atoms with Crippen molar-refractivity contribution in [3.8, 4) is 0 Å². The molecule has 0 unspecified atom stereocenters. The number of amides is 1. The molecule has 4 nitrogen and oxygen atoms in total. The van der Waals surface area contributed by atoms with Gasteiger partial charge in [0.1, 0.15) is 11.9 Å². The number of halogens is 1. The van der Waals surface area contributed by atoms with Crippen LogP contribution in [0.3, 0.4) is 0 Å². The van der Waals surface area contributed by atoms with E-state index in [4.69, 9.17) is 4.74 Å². The lowest BCUT2D eigenvalue weighted by Gasteiger charge is -2.32. The van der Waals surface area contributed by atoms with Crippen molar-refractivity contribution in [2.24, 2.45) is 5.92 Å². The number of allylic oxidation sites excluding steroid dienone is 2. The summed E-state index contributed by atoms with van der Waals surface area (Å²) in [6.07, 6.45) is 7.73. The minimum atomic E-state index is -0.499. The lowest BCUT2D eigenvalue weighted by molar-refractivity contribution is -0.151. The number of hydrogen-bond acceptors (Lipinski definition) is 3. The molecule has 0 aromatic heterocycles. The Balaban J connectivity index is 1.47. The van der Waals surface area contributed by atoms with Crippen molar-refractivity contribution in [3.63, 3.8) is 0 Å². The van der Waals surface area contributed by atoms with Crippen LogP contribution in [0.4, 0.5) is 4.39 Å². The predicted molar refractivity (Wildman–Crippen MR) is 87.9 cm³/mol. The fourth-order valence-corrected chi connectivity index (χ4v) is 3.30. The lowest BCUT2D eigenvalue weighted by atomic mass is 10.0. The van der Waals surface area contributed by atoms with Crippen LogP contribution >= 0.6 is 0 Å². The molecule has 24 heavy (non-hydrogen) atoms. The summed E-state index contributed by atoms with van der Waals surface area (Å²) in [4.78, 5) is 25.9. The van der Waals surface area contributed by atoms with Gasteiger partial charge in [-0.1, -0.05) is 24.3 Å². The van der Waals surface area contributed by atoms with Gasteiger partial charge in [0.2, 0.25) is 0 Å². The minimum absolute atomic E-state index is 0.0981. The third-order valence-corrected chi connectivity index (χ3v) is 4.67. The van der Waals surface area contributed by atoms with Crippen LogP contribution in [0, 0.1) is 11.7 Å². The van der Waals surface area contributed by atoms with Crippen LogP contribution in [-0.2, 0) is 9.53 Å². The van der Waals surface area contributed by atoms with Gasteiger partial charge in [-0.05, 0) is 30.9 Å². The largest absolute Gasteiger partial charge is 0.462 e. The minimum Gasteiger partial charge on any atom is -0.462 e. The number of carbonyl (C=O) groups excluding carboxylic acids is 2. The van der Waals surface area contributed by atoms with Crippen LogP contribution in [0.2, 0.25) is 0 Å². The Labute approximate surface area is 141 Å². The average Bonchev–Trinajstić information content (AvgIpc) is 3.08. The standard InChI is InChI=1S/C19H22FNO3/c20-17-8-4-3-7-16(17)19(23)21-11-9-15(10-12-21)24-18(22)13-14-5-1-2-6-14/h1,3-5,7-8,14-15H,2,6,9-13H2/t14-/m1/s1. The number of nitrogens with zero attached hydrogens (tertiary/aromatic N) is 1. The molecule has 0 spiro atoms. The van der Waals surface area contributed by atoms with Gasteiger partial charge < -0.3 is 9.64 Å². The molecular weight excluding hydrogens is 309 g/mol. The summed E-state index contributed by atoms with van der Waals surface area (Å²) in [5.74, 6) is -0.653. The SMILES string of the molecule is O=C(C[C@@H]1C=CCC1)OC1CCN(C(=O)c2ccccc2F)CC1. The van der Waals surface area contributed by atoms with Crippen LogP contribution < -0.4 is 0 Å². The summed E-state index contributed by atoms with van der Waals surface area (Å²) in [5, 5.41) is 0. The average molecular weight is 331 g/mol. The van der Waals surface area contributed by atoms with Crippen LogP contribution in [-0.4, -0.2) is 36.0 Å². The molecule has 2 aliphatic rings. The van der Waals surface area contributed by atoms with Crippen LogP contribution in [0.5, 0.6) is 0 Å². The highest BCUT2D eigenvalue weighted by molar-refractivity contribution is 5.94. The topological polar surface area (TPSA) is 46.6 Å². The molecule has 1 aromatic rings. The summed E-state index contributed by atoms with van der Waals surface area (Å²) in [7, 11) is 0. The third kappa shape index (κ3) is 4.02. The molecule has 1 aliphatic heterocycles. The molecule has 0 saturated carbocycles. The smallest absolute Gasteiger partial charge is 0.306 e. The van der Waals surface area contributed by atoms with Crippen molar-refractivity contribution in [1.29, 1.82) is 0 Å². The number of piperidine rings is 1. The highest BCUT2D eigenvalue weighted by Gasteiger charge is 2.27. The fraction of sp³-hybridized carbons (Fsp3) is 0.474. The molecule has 3 rings (SSSR count). The summed E-state index contributed by atoms with van der Waals surface area (Å²) < 4.78 is 19.2.